The molecule has 4 heteroatoms. The first-order valence-corrected chi connectivity index (χ1v) is 6.02. The van der Waals surface area contributed by atoms with Crippen LogP contribution in [-0.2, 0) is 4.74 Å². The van der Waals surface area contributed by atoms with E-state index < -0.39 is 0 Å². The Kier molecular flexibility index (Phi) is 4.59. The van der Waals surface area contributed by atoms with E-state index in [0.717, 1.165) is 19.5 Å². The molecule has 0 saturated carbocycles. The number of hydrogen-bond donors (Lipinski definition) is 2. The molecular weight excluding hydrogens is 204 g/mol. The van der Waals surface area contributed by atoms with Crippen LogP contribution in [0.25, 0.3) is 0 Å². The lowest BCUT2D eigenvalue weighted by molar-refractivity contribution is 0.0992. The van der Waals surface area contributed by atoms with Gasteiger partial charge in [-0.05, 0) is 24.3 Å². The highest BCUT2D eigenvalue weighted by molar-refractivity contribution is 5.67. The van der Waals surface area contributed by atoms with Gasteiger partial charge in [0.15, 0.2) is 0 Å². The topological polar surface area (TPSA) is 50.4 Å². The van der Waals surface area contributed by atoms with E-state index in [1.54, 1.807) is 0 Å². The molecule has 94 valence electrons. The van der Waals surface area contributed by atoms with E-state index >= 15 is 0 Å². The number of rotatable bonds is 2. The normalized spacial score (nSPS) is 26.2. The molecule has 4 nitrogen and oxygen atoms in total. The van der Waals surface area contributed by atoms with E-state index in [4.69, 9.17) is 4.74 Å². The SMILES string of the molecule is C[C@@H]1CCNC[C@@H]1NC(=O)OCC(C)(C)C. The predicted molar refractivity (Wildman–Crippen MR) is 64.4 cm³/mol. The van der Waals surface area contributed by atoms with E-state index in [1.165, 1.54) is 0 Å². The summed E-state index contributed by atoms with van der Waals surface area (Å²) >= 11 is 0. The minimum absolute atomic E-state index is 0.0216. The molecule has 0 aromatic carbocycles. The van der Waals surface area contributed by atoms with E-state index in [0.29, 0.717) is 12.5 Å². The summed E-state index contributed by atoms with van der Waals surface area (Å²) in [6, 6.07) is 0.196. The lowest BCUT2D eigenvalue weighted by Gasteiger charge is -2.30. The van der Waals surface area contributed by atoms with Crippen LogP contribution >= 0.6 is 0 Å². The molecule has 2 N–H and O–H groups in total. The molecule has 0 aromatic heterocycles. The molecule has 1 heterocycles. The Morgan fingerprint density at radius 3 is 2.75 bits per heavy atom. The maximum atomic E-state index is 11.5. The first kappa shape index (κ1) is 13.3. The van der Waals surface area contributed by atoms with Crippen molar-refractivity contribution in [1.29, 1.82) is 0 Å². The van der Waals surface area contributed by atoms with Gasteiger partial charge in [0.1, 0.15) is 0 Å². The number of hydrogen-bond acceptors (Lipinski definition) is 3. The second kappa shape index (κ2) is 5.53. The van der Waals surface area contributed by atoms with Gasteiger partial charge in [-0.1, -0.05) is 27.7 Å². The first-order chi connectivity index (χ1) is 7.38. The molecular formula is C12H24N2O2. The van der Waals surface area contributed by atoms with Crippen molar-refractivity contribution in [3.8, 4) is 0 Å². The van der Waals surface area contributed by atoms with Crippen LogP contribution in [0.4, 0.5) is 4.79 Å². The molecule has 1 fully saturated rings. The van der Waals surface area contributed by atoms with Crippen molar-refractivity contribution in [2.24, 2.45) is 11.3 Å². The summed E-state index contributed by atoms with van der Waals surface area (Å²) in [5.41, 5.74) is 0.0216. The zero-order valence-electron chi connectivity index (χ0n) is 10.8. The minimum atomic E-state index is -0.296. The smallest absolute Gasteiger partial charge is 0.407 e. The predicted octanol–water partition coefficient (Wildman–Crippen LogP) is 1.76. The highest BCUT2D eigenvalue weighted by atomic mass is 16.5. The van der Waals surface area contributed by atoms with Gasteiger partial charge in [0.2, 0.25) is 0 Å². The van der Waals surface area contributed by atoms with Crippen LogP contribution in [-0.4, -0.2) is 31.8 Å². The Morgan fingerprint density at radius 2 is 2.19 bits per heavy atom. The Hall–Kier alpha value is -0.770. The van der Waals surface area contributed by atoms with Crippen LogP contribution in [0.15, 0.2) is 0 Å². The van der Waals surface area contributed by atoms with Crippen LogP contribution in [0.1, 0.15) is 34.1 Å². The number of nitrogens with one attached hydrogen (secondary N) is 2. The minimum Gasteiger partial charge on any atom is -0.449 e. The van der Waals surface area contributed by atoms with E-state index in [2.05, 4.69) is 17.6 Å². The Balaban J connectivity index is 2.28. The van der Waals surface area contributed by atoms with Crippen molar-refractivity contribution < 1.29 is 9.53 Å². The fourth-order valence-corrected chi connectivity index (χ4v) is 1.66. The van der Waals surface area contributed by atoms with E-state index in [9.17, 15) is 4.79 Å². The number of carbonyl (C=O) groups is 1. The molecule has 1 rings (SSSR count). The Bertz CT molecular complexity index is 236. The standard InChI is InChI=1S/C12H24N2O2/c1-9-5-6-13-7-10(9)14-11(15)16-8-12(2,3)4/h9-10,13H,5-8H2,1-4H3,(H,14,15)/t9-,10+/m1/s1. The molecule has 2 atom stereocenters. The van der Waals surface area contributed by atoms with Gasteiger partial charge in [-0.2, -0.15) is 0 Å². The largest absolute Gasteiger partial charge is 0.449 e. The third kappa shape index (κ3) is 4.84. The van der Waals surface area contributed by atoms with Crippen molar-refractivity contribution in [3.05, 3.63) is 0 Å². The summed E-state index contributed by atoms with van der Waals surface area (Å²) in [4.78, 5) is 11.5. The number of carbonyl (C=O) groups excluding carboxylic acids is 1. The molecule has 1 aliphatic heterocycles. The van der Waals surface area contributed by atoms with Crippen molar-refractivity contribution in [1.82, 2.24) is 10.6 Å². The van der Waals surface area contributed by atoms with Crippen LogP contribution in [0, 0.1) is 11.3 Å². The fourth-order valence-electron chi connectivity index (χ4n) is 1.66. The van der Waals surface area contributed by atoms with Crippen LogP contribution < -0.4 is 10.6 Å². The van der Waals surface area contributed by atoms with Gasteiger partial charge in [-0.25, -0.2) is 4.79 Å². The number of piperidine rings is 1. The van der Waals surface area contributed by atoms with Crippen LogP contribution in [0.5, 0.6) is 0 Å². The highest BCUT2D eigenvalue weighted by Crippen LogP contribution is 2.14. The third-order valence-electron chi connectivity index (χ3n) is 2.77. The summed E-state index contributed by atoms with van der Waals surface area (Å²) in [5.74, 6) is 0.517. The second-order valence-corrected chi connectivity index (χ2v) is 5.86. The zero-order valence-corrected chi connectivity index (χ0v) is 10.8. The maximum absolute atomic E-state index is 11.5. The maximum Gasteiger partial charge on any atom is 0.407 e. The Labute approximate surface area is 98.1 Å². The molecule has 1 amide bonds. The van der Waals surface area contributed by atoms with Gasteiger partial charge in [-0.15, -0.1) is 0 Å². The molecule has 0 aromatic rings. The Morgan fingerprint density at radius 1 is 1.50 bits per heavy atom. The van der Waals surface area contributed by atoms with Crippen LogP contribution in [0.3, 0.4) is 0 Å². The van der Waals surface area contributed by atoms with Gasteiger partial charge in [0.05, 0.1) is 6.61 Å². The number of alkyl carbamates (subject to hydrolysis) is 1. The monoisotopic (exact) mass is 228 g/mol. The first-order valence-electron chi connectivity index (χ1n) is 6.02. The average Bonchev–Trinajstić information content (AvgIpc) is 2.18. The summed E-state index contributed by atoms with van der Waals surface area (Å²) in [7, 11) is 0. The van der Waals surface area contributed by atoms with Gasteiger partial charge in [0, 0.05) is 12.6 Å². The molecule has 0 radical (unpaired) electrons. The van der Waals surface area contributed by atoms with Gasteiger partial charge >= 0.3 is 6.09 Å². The molecule has 0 bridgehead atoms. The van der Waals surface area contributed by atoms with Crippen molar-refractivity contribution in [2.45, 2.75) is 40.2 Å². The van der Waals surface area contributed by atoms with E-state index in [-0.39, 0.29) is 17.6 Å². The van der Waals surface area contributed by atoms with Gasteiger partial charge < -0.3 is 15.4 Å². The molecule has 0 unspecified atom stereocenters. The third-order valence-corrected chi connectivity index (χ3v) is 2.77. The highest BCUT2D eigenvalue weighted by Gasteiger charge is 2.23. The fraction of sp³-hybridized carbons (Fsp3) is 0.917. The lowest BCUT2D eigenvalue weighted by Crippen LogP contribution is -2.50. The van der Waals surface area contributed by atoms with Crippen molar-refractivity contribution >= 4 is 6.09 Å². The van der Waals surface area contributed by atoms with Crippen LogP contribution in [0.2, 0.25) is 0 Å². The van der Waals surface area contributed by atoms with Gasteiger partial charge in [-0.3, -0.25) is 0 Å². The summed E-state index contributed by atoms with van der Waals surface area (Å²) in [5, 5.41) is 6.19. The molecule has 1 saturated heterocycles. The molecule has 16 heavy (non-hydrogen) atoms. The van der Waals surface area contributed by atoms with Crippen molar-refractivity contribution in [2.75, 3.05) is 19.7 Å². The number of ether oxygens (including phenoxy) is 1. The second-order valence-electron chi connectivity index (χ2n) is 5.86. The summed E-state index contributed by atoms with van der Waals surface area (Å²) in [6.45, 7) is 10.6. The average molecular weight is 228 g/mol. The summed E-state index contributed by atoms with van der Waals surface area (Å²) < 4.78 is 5.18. The molecule has 0 spiro atoms. The molecule has 0 aliphatic carbocycles. The summed E-state index contributed by atoms with van der Waals surface area (Å²) in [6.07, 6.45) is 0.806. The quantitative estimate of drug-likeness (QED) is 0.757. The molecule has 1 aliphatic rings. The lowest BCUT2D eigenvalue weighted by atomic mass is 9.95. The van der Waals surface area contributed by atoms with Crippen molar-refractivity contribution in [3.63, 3.8) is 0 Å². The zero-order chi connectivity index (χ0) is 12.2. The number of amides is 1. The van der Waals surface area contributed by atoms with E-state index in [1.807, 2.05) is 20.8 Å². The van der Waals surface area contributed by atoms with Gasteiger partial charge in [0.25, 0.3) is 0 Å².